The van der Waals surface area contributed by atoms with Crippen LogP contribution in [0.3, 0.4) is 0 Å². The van der Waals surface area contributed by atoms with Crippen LogP contribution >= 0.6 is 0 Å². The molecule has 0 aromatic carbocycles. The number of nitrogens with zero attached hydrogens (tertiary/aromatic N) is 8. The Morgan fingerprint density at radius 1 is 1.06 bits per heavy atom. The second kappa shape index (κ2) is 7.61. The van der Waals surface area contributed by atoms with Crippen LogP contribution in [-0.2, 0) is 24.9 Å². The van der Waals surface area contributed by atoms with Gasteiger partial charge in [0.1, 0.15) is 16.9 Å². The molecule has 0 spiro atoms. The maximum Gasteiger partial charge on any atom is 0.410 e. The van der Waals surface area contributed by atoms with E-state index in [0.29, 0.717) is 37.0 Å². The standard InChI is InChI=1S/C22H26N8O3/c1-22(2,3)33-21(31)28-6-7-29-18(13-28)25-26-20(29)16-10-24-30-12-14(8-17(32-5)19(16)30)15-9-23-27(4)11-15/h8-12H,6-7,13H2,1-5H3. The van der Waals surface area contributed by atoms with Crippen LogP contribution in [0.25, 0.3) is 28.0 Å². The lowest BCUT2D eigenvalue weighted by atomic mass is 10.1. The number of pyridine rings is 1. The van der Waals surface area contributed by atoms with Gasteiger partial charge in [-0.05, 0) is 26.8 Å². The minimum Gasteiger partial charge on any atom is -0.494 e. The monoisotopic (exact) mass is 450 g/mol. The summed E-state index contributed by atoms with van der Waals surface area (Å²) in [5.74, 6) is 2.07. The van der Waals surface area contributed by atoms with Crippen molar-refractivity contribution >= 4 is 11.6 Å². The molecule has 11 heteroatoms. The zero-order valence-corrected chi connectivity index (χ0v) is 19.3. The molecule has 1 aliphatic heterocycles. The summed E-state index contributed by atoms with van der Waals surface area (Å²) < 4.78 is 16.8. The Labute approximate surface area is 190 Å². The number of methoxy groups -OCH3 is 1. The Bertz CT molecular complexity index is 1340. The maximum absolute atomic E-state index is 12.5. The van der Waals surface area contributed by atoms with E-state index < -0.39 is 5.60 Å². The highest BCUT2D eigenvalue weighted by atomic mass is 16.6. The van der Waals surface area contributed by atoms with E-state index in [2.05, 4.69) is 20.4 Å². The van der Waals surface area contributed by atoms with Crippen LogP contribution in [0.15, 0.2) is 30.9 Å². The number of carbonyl (C=O) groups is 1. The number of fused-ring (bicyclic) bond motifs is 2. The molecule has 0 unspecified atom stereocenters. The molecule has 0 fully saturated rings. The van der Waals surface area contributed by atoms with E-state index in [1.807, 2.05) is 50.8 Å². The van der Waals surface area contributed by atoms with Gasteiger partial charge in [0.2, 0.25) is 0 Å². The number of aromatic nitrogens is 7. The third kappa shape index (κ3) is 3.79. The number of amides is 1. The molecule has 1 amide bonds. The summed E-state index contributed by atoms with van der Waals surface area (Å²) in [7, 11) is 3.51. The molecule has 1 aliphatic rings. The minimum absolute atomic E-state index is 0.337. The van der Waals surface area contributed by atoms with Crippen molar-refractivity contribution in [1.29, 1.82) is 0 Å². The van der Waals surface area contributed by atoms with E-state index in [4.69, 9.17) is 9.47 Å². The molecule has 0 atom stereocenters. The first kappa shape index (κ1) is 21.0. The molecule has 4 aromatic heterocycles. The average molecular weight is 451 g/mol. The molecule has 172 valence electrons. The summed E-state index contributed by atoms with van der Waals surface area (Å²) in [5, 5.41) is 17.6. The predicted molar refractivity (Wildman–Crippen MR) is 120 cm³/mol. The van der Waals surface area contributed by atoms with Crippen LogP contribution < -0.4 is 4.74 Å². The number of hydrogen-bond acceptors (Lipinski definition) is 7. The first-order valence-corrected chi connectivity index (χ1v) is 10.7. The molecular formula is C22H26N8O3. The van der Waals surface area contributed by atoms with Gasteiger partial charge >= 0.3 is 6.09 Å². The zero-order chi connectivity index (χ0) is 23.3. The van der Waals surface area contributed by atoms with Crippen LogP contribution in [0.5, 0.6) is 5.75 Å². The van der Waals surface area contributed by atoms with E-state index in [9.17, 15) is 4.79 Å². The van der Waals surface area contributed by atoms with Crippen molar-refractivity contribution in [2.45, 2.75) is 39.5 Å². The Hall–Kier alpha value is -3.89. The fourth-order valence-electron chi connectivity index (χ4n) is 3.97. The molecule has 0 bridgehead atoms. The van der Waals surface area contributed by atoms with Gasteiger partial charge in [-0.15, -0.1) is 10.2 Å². The molecule has 11 nitrogen and oxygen atoms in total. The first-order valence-electron chi connectivity index (χ1n) is 10.7. The molecule has 5 rings (SSSR count). The van der Waals surface area contributed by atoms with Crippen molar-refractivity contribution < 1.29 is 14.3 Å². The smallest absolute Gasteiger partial charge is 0.410 e. The number of aryl methyl sites for hydroxylation is 1. The van der Waals surface area contributed by atoms with E-state index >= 15 is 0 Å². The molecule has 0 radical (unpaired) electrons. The fourth-order valence-corrected chi connectivity index (χ4v) is 3.97. The van der Waals surface area contributed by atoms with E-state index in [-0.39, 0.29) is 6.09 Å². The molecule has 0 aliphatic carbocycles. The van der Waals surface area contributed by atoms with Crippen molar-refractivity contribution in [2.24, 2.45) is 7.05 Å². The molecule has 4 aromatic rings. The fraction of sp³-hybridized carbons (Fsp3) is 0.409. The van der Waals surface area contributed by atoms with E-state index in [1.165, 1.54) is 0 Å². The summed E-state index contributed by atoms with van der Waals surface area (Å²) in [6, 6.07) is 1.97. The van der Waals surface area contributed by atoms with Crippen LogP contribution in [0.4, 0.5) is 4.79 Å². The van der Waals surface area contributed by atoms with Crippen molar-refractivity contribution in [3.8, 4) is 28.3 Å². The second-order valence-corrected chi connectivity index (χ2v) is 9.04. The van der Waals surface area contributed by atoms with Crippen LogP contribution in [0, 0.1) is 0 Å². The van der Waals surface area contributed by atoms with Gasteiger partial charge in [0, 0.05) is 43.7 Å². The van der Waals surface area contributed by atoms with E-state index in [1.54, 1.807) is 33.6 Å². The Kier molecular flexibility index (Phi) is 4.84. The van der Waals surface area contributed by atoms with Gasteiger partial charge < -0.3 is 14.0 Å². The highest BCUT2D eigenvalue weighted by molar-refractivity contribution is 5.84. The van der Waals surface area contributed by atoms with Gasteiger partial charge in [-0.3, -0.25) is 9.58 Å². The predicted octanol–water partition coefficient (Wildman–Crippen LogP) is 2.75. The van der Waals surface area contributed by atoms with Crippen LogP contribution in [0.1, 0.15) is 26.6 Å². The number of hydrogen-bond donors (Lipinski definition) is 0. The van der Waals surface area contributed by atoms with Gasteiger partial charge in [-0.1, -0.05) is 0 Å². The van der Waals surface area contributed by atoms with Crippen molar-refractivity contribution in [3.63, 3.8) is 0 Å². The molecule has 5 heterocycles. The topological polar surface area (TPSA) is 105 Å². The lowest BCUT2D eigenvalue weighted by Gasteiger charge is -2.30. The molecule has 0 saturated carbocycles. The normalized spacial score (nSPS) is 13.9. The Morgan fingerprint density at radius 2 is 1.88 bits per heavy atom. The number of rotatable bonds is 3. The summed E-state index contributed by atoms with van der Waals surface area (Å²) in [5.41, 5.74) is 2.98. The molecular weight excluding hydrogens is 424 g/mol. The number of carbonyl (C=O) groups excluding carboxylic acids is 1. The van der Waals surface area contributed by atoms with E-state index in [0.717, 1.165) is 22.2 Å². The maximum atomic E-state index is 12.5. The molecule has 33 heavy (non-hydrogen) atoms. The quantitative estimate of drug-likeness (QED) is 0.473. The lowest BCUT2D eigenvalue weighted by Crippen LogP contribution is -2.41. The summed E-state index contributed by atoms with van der Waals surface area (Å²) in [6.45, 7) is 6.97. The van der Waals surface area contributed by atoms with Gasteiger partial charge in [0.15, 0.2) is 11.6 Å². The highest BCUT2D eigenvalue weighted by Crippen LogP contribution is 2.34. The second-order valence-electron chi connectivity index (χ2n) is 9.04. The summed E-state index contributed by atoms with van der Waals surface area (Å²) >= 11 is 0. The number of ether oxygens (including phenoxy) is 2. The van der Waals surface area contributed by atoms with Gasteiger partial charge in [0.25, 0.3) is 0 Å². The Morgan fingerprint density at radius 3 is 2.58 bits per heavy atom. The Balaban J connectivity index is 1.50. The molecule has 0 saturated heterocycles. The SMILES string of the molecule is COc1cc(-c2cnn(C)c2)cn2ncc(-c3nnc4n3CCN(C(=O)OC(C)(C)C)C4)c12. The van der Waals surface area contributed by atoms with Crippen molar-refractivity contribution in [2.75, 3.05) is 13.7 Å². The molecule has 0 N–H and O–H groups in total. The summed E-state index contributed by atoms with van der Waals surface area (Å²) in [6.07, 6.45) is 7.10. The zero-order valence-electron chi connectivity index (χ0n) is 19.3. The van der Waals surface area contributed by atoms with Crippen molar-refractivity contribution in [1.82, 2.24) is 39.1 Å². The average Bonchev–Trinajstić information content (AvgIpc) is 3.48. The van der Waals surface area contributed by atoms with Crippen molar-refractivity contribution in [3.05, 3.63) is 36.7 Å². The van der Waals surface area contributed by atoms with Gasteiger partial charge in [-0.2, -0.15) is 10.2 Å². The van der Waals surface area contributed by atoms with Crippen LogP contribution in [0.2, 0.25) is 0 Å². The third-order valence-corrected chi connectivity index (χ3v) is 5.48. The van der Waals surface area contributed by atoms with Gasteiger partial charge in [-0.25, -0.2) is 9.31 Å². The first-order chi connectivity index (χ1) is 15.7. The minimum atomic E-state index is -0.546. The highest BCUT2D eigenvalue weighted by Gasteiger charge is 2.29. The lowest BCUT2D eigenvalue weighted by molar-refractivity contribution is 0.0196. The summed E-state index contributed by atoms with van der Waals surface area (Å²) in [4.78, 5) is 14.1. The van der Waals surface area contributed by atoms with Crippen LogP contribution in [-0.4, -0.2) is 64.4 Å². The largest absolute Gasteiger partial charge is 0.494 e. The van der Waals surface area contributed by atoms with Gasteiger partial charge in [0.05, 0.1) is 31.6 Å². The third-order valence-electron chi connectivity index (χ3n) is 5.48.